The second-order valence-corrected chi connectivity index (χ2v) is 9.81. The molecule has 0 unspecified atom stereocenters. The quantitative estimate of drug-likeness (QED) is 0.248. The molecule has 0 fully saturated rings. The number of esters is 2. The number of ether oxygens (including phenoxy) is 4. The van der Waals surface area contributed by atoms with Crippen LogP contribution in [0.4, 0.5) is 10.7 Å². The number of hydrogen-bond acceptors (Lipinski definition) is 11. The molecule has 0 saturated heterocycles. The van der Waals surface area contributed by atoms with Crippen molar-refractivity contribution in [3.63, 3.8) is 0 Å². The Kier molecular flexibility index (Phi) is 9.79. The number of benzene rings is 1. The van der Waals surface area contributed by atoms with Gasteiger partial charge in [-0.2, -0.15) is 0 Å². The summed E-state index contributed by atoms with van der Waals surface area (Å²) in [7, 11) is 2.78. The van der Waals surface area contributed by atoms with Crippen LogP contribution in [0.25, 0.3) is 0 Å². The molecular weight excluding hydrogens is 548 g/mol. The van der Waals surface area contributed by atoms with Gasteiger partial charge in [-0.25, -0.2) is 9.59 Å². The number of carbonyl (C=O) groups excluding carboxylic acids is 5. The van der Waals surface area contributed by atoms with Gasteiger partial charge in [0.05, 0.1) is 47.4 Å². The topological polar surface area (TPSA) is 146 Å². The molecule has 0 aliphatic rings. The predicted molar refractivity (Wildman–Crippen MR) is 146 cm³/mol. The average Bonchev–Trinajstić information content (AvgIpc) is 3.55. The molecule has 3 rings (SSSR count). The summed E-state index contributed by atoms with van der Waals surface area (Å²) in [5.41, 5.74) is 0.448. The van der Waals surface area contributed by atoms with E-state index in [1.165, 1.54) is 44.6 Å². The normalized spacial score (nSPS) is 10.4. The van der Waals surface area contributed by atoms with Crippen LogP contribution in [0.5, 0.6) is 11.5 Å². The van der Waals surface area contributed by atoms with Gasteiger partial charge in [0.2, 0.25) is 0 Å². The number of methoxy groups -OCH3 is 2. The van der Waals surface area contributed by atoms with Crippen LogP contribution in [0, 0.1) is 6.92 Å². The highest BCUT2D eigenvalue weighted by atomic mass is 32.1. The second kappa shape index (κ2) is 13.0. The molecule has 13 heteroatoms. The lowest BCUT2D eigenvalue weighted by atomic mass is 10.1. The molecule has 11 nitrogen and oxygen atoms in total. The molecule has 0 radical (unpaired) electrons. The fraction of sp³-hybridized carbons (Fsp3) is 0.269. The van der Waals surface area contributed by atoms with Crippen molar-refractivity contribution >= 4 is 62.9 Å². The molecular formula is C26H26N2O9S2. The number of hydrogen-bond donors (Lipinski definition) is 2. The summed E-state index contributed by atoms with van der Waals surface area (Å²) in [6, 6.07) is 6.06. The van der Waals surface area contributed by atoms with Gasteiger partial charge in [-0.05, 0) is 37.8 Å². The zero-order valence-corrected chi connectivity index (χ0v) is 23.4. The van der Waals surface area contributed by atoms with Gasteiger partial charge in [0, 0.05) is 12.1 Å². The highest BCUT2D eigenvalue weighted by molar-refractivity contribution is 7.18. The fourth-order valence-electron chi connectivity index (χ4n) is 3.50. The Hall–Kier alpha value is -4.23. The third kappa shape index (κ3) is 6.81. The Morgan fingerprint density at radius 1 is 0.949 bits per heavy atom. The Labute approximate surface area is 232 Å². The number of rotatable bonds is 11. The Bertz CT molecular complexity index is 1410. The molecule has 0 aliphatic carbocycles. The minimum Gasteiger partial charge on any atom is -0.493 e. The van der Waals surface area contributed by atoms with Crippen molar-refractivity contribution in [1.29, 1.82) is 0 Å². The summed E-state index contributed by atoms with van der Waals surface area (Å²) in [5, 5.41) is 7.01. The summed E-state index contributed by atoms with van der Waals surface area (Å²) >= 11 is 2.14. The molecule has 2 N–H and O–H groups in total. The van der Waals surface area contributed by atoms with E-state index in [1.54, 1.807) is 31.4 Å². The van der Waals surface area contributed by atoms with Crippen molar-refractivity contribution in [3.05, 3.63) is 56.1 Å². The lowest BCUT2D eigenvalue weighted by Gasteiger charge is -2.15. The van der Waals surface area contributed by atoms with Crippen LogP contribution < -0.4 is 20.1 Å². The van der Waals surface area contributed by atoms with E-state index < -0.39 is 30.4 Å². The third-order valence-corrected chi connectivity index (χ3v) is 7.45. The standard InChI is InChI=1S/C26H26N2O9S2/c1-6-36-26(33)21-13(2)22(14(3)29)39-24(21)28-20(30)12-37-25(32)15-10-17(34-4)18(35-5)11-16(15)27-23(31)19-8-7-9-38-19/h7-11H,6,12H2,1-5H3,(H,27,31)(H,28,30). The molecule has 206 valence electrons. The maximum Gasteiger partial charge on any atom is 0.341 e. The number of Topliss-reactive ketones (excluding diaryl/α,β-unsaturated/α-hetero) is 1. The molecule has 0 saturated carbocycles. The summed E-state index contributed by atoms with van der Waals surface area (Å²) in [6.45, 7) is 3.94. The van der Waals surface area contributed by atoms with E-state index in [0.717, 1.165) is 11.3 Å². The first kappa shape index (κ1) is 29.3. The van der Waals surface area contributed by atoms with Crippen molar-refractivity contribution in [1.82, 2.24) is 0 Å². The molecule has 0 atom stereocenters. The van der Waals surface area contributed by atoms with Gasteiger partial charge < -0.3 is 29.6 Å². The molecule has 1 aromatic carbocycles. The van der Waals surface area contributed by atoms with E-state index >= 15 is 0 Å². The molecule has 2 aromatic heterocycles. The lowest BCUT2D eigenvalue weighted by molar-refractivity contribution is -0.119. The largest absolute Gasteiger partial charge is 0.493 e. The molecule has 39 heavy (non-hydrogen) atoms. The maximum atomic E-state index is 13.0. The minimum atomic E-state index is -0.926. The highest BCUT2D eigenvalue weighted by Gasteiger charge is 2.26. The van der Waals surface area contributed by atoms with Gasteiger partial charge in [-0.3, -0.25) is 14.4 Å². The van der Waals surface area contributed by atoms with E-state index in [0.29, 0.717) is 15.3 Å². The number of anilines is 2. The molecule has 0 bridgehead atoms. The summed E-state index contributed by atoms with van der Waals surface area (Å²) in [6.07, 6.45) is 0. The fourth-order valence-corrected chi connectivity index (χ4v) is 5.23. The van der Waals surface area contributed by atoms with Crippen LogP contribution in [0.15, 0.2) is 29.6 Å². The first-order chi connectivity index (χ1) is 18.6. The number of thiophene rings is 2. The van der Waals surface area contributed by atoms with Crippen LogP contribution in [0.3, 0.4) is 0 Å². The van der Waals surface area contributed by atoms with Gasteiger partial charge in [-0.1, -0.05) is 6.07 Å². The summed E-state index contributed by atoms with van der Waals surface area (Å²) in [4.78, 5) is 63.5. The predicted octanol–water partition coefficient (Wildman–Crippen LogP) is 4.56. The monoisotopic (exact) mass is 574 g/mol. The molecule has 0 aliphatic heterocycles. The molecule has 0 spiro atoms. The van der Waals surface area contributed by atoms with Crippen LogP contribution in [0.2, 0.25) is 0 Å². The first-order valence-corrected chi connectivity index (χ1v) is 13.2. The molecule has 3 aromatic rings. The van der Waals surface area contributed by atoms with Crippen LogP contribution in [-0.4, -0.2) is 57.0 Å². The van der Waals surface area contributed by atoms with Crippen molar-refractivity contribution in [2.45, 2.75) is 20.8 Å². The number of carbonyl (C=O) groups is 5. The van der Waals surface area contributed by atoms with E-state index in [4.69, 9.17) is 18.9 Å². The van der Waals surface area contributed by atoms with Gasteiger partial charge in [0.15, 0.2) is 23.9 Å². The van der Waals surface area contributed by atoms with Crippen LogP contribution in [0.1, 0.15) is 59.5 Å². The minimum absolute atomic E-state index is 0.0604. The van der Waals surface area contributed by atoms with E-state index in [2.05, 4.69) is 10.6 Å². The maximum absolute atomic E-state index is 13.0. The van der Waals surface area contributed by atoms with Crippen LogP contribution in [-0.2, 0) is 14.3 Å². The molecule has 2 amide bonds. The zero-order chi connectivity index (χ0) is 28.7. The third-order valence-electron chi connectivity index (χ3n) is 5.27. The van der Waals surface area contributed by atoms with Gasteiger partial charge in [0.25, 0.3) is 11.8 Å². The SMILES string of the molecule is CCOC(=O)c1c(NC(=O)COC(=O)c2cc(OC)c(OC)cc2NC(=O)c2cccs2)sc(C(C)=O)c1C. The van der Waals surface area contributed by atoms with Gasteiger partial charge in [0.1, 0.15) is 5.00 Å². The Morgan fingerprint density at radius 3 is 2.23 bits per heavy atom. The first-order valence-electron chi connectivity index (χ1n) is 11.5. The van der Waals surface area contributed by atoms with Gasteiger partial charge in [-0.15, -0.1) is 22.7 Å². The summed E-state index contributed by atoms with van der Waals surface area (Å²) in [5.74, 6) is -2.64. The zero-order valence-electron chi connectivity index (χ0n) is 21.8. The smallest absolute Gasteiger partial charge is 0.341 e. The van der Waals surface area contributed by atoms with Crippen molar-refractivity contribution in [2.24, 2.45) is 0 Å². The van der Waals surface area contributed by atoms with E-state index in [-0.39, 0.29) is 45.7 Å². The Balaban J connectivity index is 1.81. The van der Waals surface area contributed by atoms with Crippen molar-refractivity contribution < 1.29 is 42.9 Å². The average molecular weight is 575 g/mol. The van der Waals surface area contributed by atoms with E-state index in [1.807, 2.05) is 0 Å². The number of ketones is 1. The highest BCUT2D eigenvalue weighted by Crippen LogP contribution is 2.35. The van der Waals surface area contributed by atoms with Crippen molar-refractivity contribution in [3.8, 4) is 11.5 Å². The van der Waals surface area contributed by atoms with E-state index in [9.17, 15) is 24.0 Å². The second-order valence-electron chi connectivity index (χ2n) is 7.85. The van der Waals surface area contributed by atoms with Gasteiger partial charge >= 0.3 is 11.9 Å². The summed E-state index contributed by atoms with van der Waals surface area (Å²) < 4.78 is 20.8. The van der Waals surface area contributed by atoms with Crippen LogP contribution >= 0.6 is 22.7 Å². The number of amides is 2. The Morgan fingerprint density at radius 2 is 1.64 bits per heavy atom. The van der Waals surface area contributed by atoms with Crippen molar-refractivity contribution in [2.75, 3.05) is 38.1 Å². The number of nitrogens with one attached hydrogen (secondary N) is 2. The molecule has 2 heterocycles. The lowest BCUT2D eigenvalue weighted by Crippen LogP contribution is -2.22.